The fourth-order valence-corrected chi connectivity index (χ4v) is 8.36. The molecule has 258 valence electrons. The van der Waals surface area contributed by atoms with E-state index in [1.165, 1.54) is 43.7 Å². The zero-order valence-electron chi connectivity index (χ0n) is 29.9. The molecule has 0 bridgehead atoms. The summed E-state index contributed by atoms with van der Waals surface area (Å²) in [7, 11) is 0. The highest BCUT2D eigenvalue weighted by Crippen LogP contribution is 2.44. The van der Waals surface area contributed by atoms with Gasteiger partial charge in [-0.05, 0) is 100 Å². The Hall–Kier alpha value is -7.36. The number of nitrogens with zero attached hydrogens (tertiary/aromatic N) is 2. The van der Waals surface area contributed by atoms with Gasteiger partial charge in [-0.25, -0.2) is 0 Å². The van der Waals surface area contributed by atoms with Gasteiger partial charge in [0.2, 0.25) is 0 Å². The van der Waals surface area contributed by atoms with Gasteiger partial charge in [0.15, 0.2) is 0 Å². The van der Waals surface area contributed by atoms with Crippen LogP contribution in [0.4, 0.5) is 17.1 Å². The van der Waals surface area contributed by atoms with Crippen molar-refractivity contribution in [2.45, 2.75) is 0 Å². The van der Waals surface area contributed by atoms with E-state index in [0.717, 1.165) is 55.8 Å². The summed E-state index contributed by atoms with van der Waals surface area (Å²) in [5.74, 6) is 0. The Kier molecular flexibility index (Phi) is 7.17. The van der Waals surface area contributed by atoms with Gasteiger partial charge in [0.25, 0.3) is 0 Å². The number of aromatic nitrogens is 1. The molecular weight excluding hydrogens is 669 g/mol. The van der Waals surface area contributed by atoms with Crippen molar-refractivity contribution in [2.75, 3.05) is 4.90 Å². The zero-order chi connectivity index (χ0) is 36.3. The van der Waals surface area contributed by atoms with E-state index >= 15 is 0 Å². The number of hydrogen-bond donors (Lipinski definition) is 0. The molecule has 0 aliphatic rings. The van der Waals surface area contributed by atoms with Crippen molar-refractivity contribution < 1.29 is 4.42 Å². The Bertz CT molecular complexity index is 3150. The van der Waals surface area contributed by atoms with Gasteiger partial charge in [-0.2, -0.15) is 0 Å². The number of furan rings is 1. The lowest BCUT2D eigenvalue weighted by Crippen LogP contribution is -2.10. The molecule has 2 heterocycles. The van der Waals surface area contributed by atoms with Crippen LogP contribution >= 0.6 is 0 Å². The van der Waals surface area contributed by atoms with Crippen LogP contribution in [0, 0.1) is 0 Å². The van der Waals surface area contributed by atoms with Crippen molar-refractivity contribution in [3.8, 4) is 27.9 Å². The van der Waals surface area contributed by atoms with Crippen molar-refractivity contribution in [1.82, 2.24) is 4.57 Å². The molecule has 11 aromatic rings. The molecule has 2 aromatic heterocycles. The molecule has 0 saturated carbocycles. The van der Waals surface area contributed by atoms with Crippen LogP contribution in [0.15, 0.2) is 211 Å². The fourth-order valence-electron chi connectivity index (χ4n) is 8.36. The molecule has 9 aromatic carbocycles. The number of benzene rings is 9. The molecule has 0 unspecified atom stereocenters. The second-order valence-electron chi connectivity index (χ2n) is 14.2. The van der Waals surface area contributed by atoms with E-state index in [1.54, 1.807) is 0 Å². The van der Waals surface area contributed by atoms with Gasteiger partial charge in [0.1, 0.15) is 11.2 Å². The van der Waals surface area contributed by atoms with Gasteiger partial charge in [0, 0.05) is 49.9 Å². The summed E-state index contributed by atoms with van der Waals surface area (Å²) in [5.41, 5.74) is 13.0. The quantitative estimate of drug-likeness (QED) is 0.172. The Morgan fingerprint density at radius 1 is 0.364 bits per heavy atom. The van der Waals surface area contributed by atoms with Crippen LogP contribution in [0.3, 0.4) is 0 Å². The van der Waals surface area contributed by atoms with Crippen molar-refractivity contribution in [1.29, 1.82) is 0 Å². The second kappa shape index (κ2) is 12.6. The van der Waals surface area contributed by atoms with Crippen molar-refractivity contribution in [2.24, 2.45) is 0 Å². The molecule has 0 aliphatic heterocycles. The predicted octanol–water partition coefficient (Wildman–Crippen LogP) is 14.6. The number of hydrogen-bond acceptors (Lipinski definition) is 2. The fraction of sp³-hybridized carbons (Fsp3) is 0. The van der Waals surface area contributed by atoms with Crippen molar-refractivity contribution in [3.63, 3.8) is 0 Å². The molecule has 0 N–H and O–H groups in total. The molecule has 0 radical (unpaired) electrons. The minimum absolute atomic E-state index is 0.875. The molecule has 0 atom stereocenters. The summed E-state index contributed by atoms with van der Waals surface area (Å²) < 4.78 is 9.10. The van der Waals surface area contributed by atoms with Gasteiger partial charge in [-0.15, -0.1) is 0 Å². The lowest BCUT2D eigenvalue weighted by Gasteiger charge is -2.26. The van der Waals surface area contributed by atoms with Crippen LogP contribution in [-0.4, -0.2) is 4.57 Å². The van der Waals surface area contributed by atoms with Crippen LogP contribution < -0.4 is 4.90 Å². The van der Waals surface area contributed by atoms with Crippen molar-refractivity contribution >= 4 is 71.6 Å². The molecule has 0 spiro atoms. The molecule has 0 saturated heterocycles. The molecule has 0 amide bonds. The summed E-state index contributed by atoms with van der Waals surface area (Å²) >= 11 is 0. The van der Waals surface area contributed by atoms with E-state index in [0.29, 0.717) is 0 Å². The maximum atomic E-state index is 6.73. The highest BCUT2D eigenvalue weighted by Gasteiger charge is 2.20. The molecule has 3 heteroatoms. The smallest absolute Gasteiger partial charge is 0.143 e. The third kappa shape index (κ3) is 5.20. The first-order chi connectivity index (χ1) is 27.3. The Labute approximate surface area is 318 Å². The van der Waals surface area contributed by atoms with Crippen molar-refractivity contribution in [3.05, 3.63) is 206 Å². The normalized spacial score (nSPS) is 11.6. The van der Waals surface area contributed by atoms with E-state index < -0.39 is 0 Å². The minimum atomic E-state index is 0.875. The summed E-state index contributed by atoms with van der Waals surface area (Å²) in [6.45, 7) is 0. The number of para-hydroxylation sites is 4. The molecule has 0 aliphatic carbocycles. The molecule has 55 heavy (non-hydrogen) atoms. The first kappa shape index (κ1) is 31.2. The van der Waals surface area contributed by atoms with Gasteiger partial charge in [-0.3, -0.25) is 0 Å². The third-order valence-electron chi connectivity index (χ3n) is 10.9. The van der Waals surface area contributed by atoms with Crippen LogP contribution in [0.2, 0.25) is 0 Å². The Balaban J connectivity index is 1.10. The highest BCUT2D eigenvalue weighted by atomic mass is 16.3. The first-order valence-electron chi connectivity index (χ1n) is 18.8. The summed E-state index contributed by atoms with van der Waals surface area (Å²) in [5, 5.41) is 7.16. The lowest BCUT2D eigenvalue weighted by molar-refractivity contribution is 0.670. The number of anilines is 3. The highest BCUT2D eigenvalue weighted by molar-refractivity contribution is 6.12. The lowest BCUT2D eigenvalue weighted by atomic mass is 9.99. The minimum Gasteiger partial charge on any atom is -0.455 e. The Morgan fingerprint density at radius 2 is 1.00 bits per heavy atom. The van der Waals surface area contributed by atoms with Crippen LogP contribution in [0.5, 0.6) is 0 Å². The van der Waals surface area contributed by atoms with E-state index in [1.807, 2.05) is 6.07 Å². The van der Waals surface area contributed by atoms with E-state index in [-0.39, 0.29) is 0 Å². The van der Waals surface area contributed by atoms with Gasteiger partial charge < -0.3 is 13.9 Å². The first-order valence-corrected chi connectivity index (χ1v) is 18.8. The average Bonchev–Trinajstić information content (AvgIpc) is 3.80. The monoisotopic (exact) mass is 702 g/mol. The molecule has 11 rings (SSSR count). The molecule has 0 fully saturated rings. The number of fused-ring (bicyclic) bond motifs is 7. The van der Waals surface area contributed by atoms with Crippen LogP contribution in [-0.2, 0) is 0 Å². The Morgan fingerprint density at radius 3 is 1.78 bits per heavy atom. The van der Waals surface area contributed by atoms with E-state index in [4.69, 9.17) is 4.42 Å². The number of rotatable bonds is 6. The topological polar surface area (TPSA) is 21.3 Å². The van der Waals surface area contributed by atoms with Gasteiger partial charge >= 0.3 is 0 Å². The maximum absolute atomic E-state index is 6.73. The predicted molar refractivity (Wildman–Crippen MR) is 231 cm³/mol. The summed E-state index contributed by atoms with van der Waals surface area (Å²) in [4.78, 5) is 2.35. The molecule has 3 nitrogen and oxygen atoms in total. The standard InChI is InChI=1S/C52H34N2O/c1-2-16-40(17-3-1)53(41-29-27-36(28-30-41)38-26-25-35-13-4-5-14-37(35)31-38)43-33-47(52-48(34-43)46-21-8-11-24-51(46)55-52)39-15-12-18-42(32-39)54-49-22-9-6-19-44(49)45-20-7-10-23-50(45)54/h1-34H. The molecular formula is C52H34N2O. The summed E-state index contributed by atoms with van der Waals surface area (Å²) in [6.07, 6.45) is 0. The summed E-state index contributed by atoms with van der Waals surface area (Å²) in [6, 6.07) is 73.9. The van der Waals surface area contributed by atoms with Gasteiger partial charge in [-0.1, -0.05) is 133 Å². The third-order valence-corrected chi connectivity index (χ3v) is 10.9. The van der Waals surface area contributed by atoms with Crippen LogP contribution in [0.25, 0.3) is 82.5 Å². The zero-order valence-corrected chi connectivity index (χ0v) is 29.9. The average molecular weight is 703 g/mol. The second-order valence-corrected chi connectivity index (χ2v) is 14.2. The van der Waals surface area contributed by atoms with Crippen LogP contribution in [0.1, 0.15) is 0 Å². The van der Waals surface area contributed by atoms with E-state index in [2.05, 4.69) is 210 Å². The SMILES string of the molecule is c1ccc(N(c2ccc(-c3ccc4ccccc4c3)cc2)c2cc(-c3cccc(-n4c5ccccc5c5ccccc54)c3)c3oc4ccccc4c3c2)cc1. The van der Waals surface area contributed by atoms with Gasteiger partial charge in [0.05, 0.1) is 11.0 Å². The maximum Gasteiger partial charge on any atom is 0.143 e. The van der Waals surface area contributed by atoms with E-state index in [9.17, 15) is 0 Å². The largest absolute Gasteiger partial charge is 0.455 e.